The largest absolute Gasteiger partial charge is 0.480 e. The van der Waals surface area contributed by atoms with E-state index in [2.05, 4.69) is 9.97 Å². The third-order valence-electron chi connectivity index (χ3n) is 3.19. The summed E-state index contributed by atoms with van der Waals surface area (Å²) in [4.78, 5) is 23.2. The van der Waals surface area contributed by atoms with Gasteiger partial charge in [-0.1, -0.05) is 0 Å². The van der Waals surface area contributed by atoms with Crippen LogP contribution in [-0.2, 0) is 4.79 Å². The molecule has 0 amide bonds. The van der Waals surface area contributed by atoms with Gasteiger partial charge in [0.1, 0.15) is 11.8 Å². The highest BCUT2D eigenvalue weighted by atomic mass is 16.4. The van der Waals surface area contributed by atoms with E-state index in [4.69, 9.17) is 10.4 Å². The Morgan fingerprint density at radius 2 is 2.20 bits per heavy atom. The van der Waals surface area contributed by atoms with Crippen molar-refractivity contribution < 1.29 is 9.90 Å². The molecule has 1 fully saturated rings. The van der Waals surface area contributed by atoms with E-state index in [0.29, 0.717) is 24.7 Å². The summed E-state index contributed by atoms with van der Waals surface area (Å²) in [6.07, 6.45) is 0.854. The van der Waals surface area contributed by atoms with E-state index in [9.17, 15) is 4.79 Å². The molecule has 1 saturated heterocycles. The molecule has 7 heteroatoms. The zero-order chi connectivity index (χ0) is 14.5. The molecule has 0 spiro atoms. The van der Waals surface area contributed by atoms with E-state index in [1.54, 1.807) is 6.07 Å². The van der Waals surface area contributed by atoms with Gasteiger partial charge in [0.05, 0.1) is 6.54 Å². The third kappa shape index (κ3) is 3.65. The lowest BCUT2D eigenvalue weighted by Crippen LogP contribution is -2.34. The number of rotatable bonds is 3. The molecule has 0 aliphatic carbocycles. The van der Waals surface area contributed by atoms with Crippen LogP contribution in [0.3, 0.4) is 0 Å². The van der Waals surface area contributed by atoms with Gasteiger partial charge in [0, 0.05) is 31.9 Å². The number of carbonyl (C=O) groups is 1. The van der Waals surface area contributed by atoms with Gasteiger partial charge in [0.25, 0.3) is 0 Å². The number of aliphatic carboxylic acids is 1. The van der Waals surface area contributed by atoms with Gasteiger partial charge in [0.2, 0.25) is 5.95 Å². The highest BCUT2D eigenvalue weighted by molar-refractivity contribution is 5.69. The van der Waals surface area contributed by atoms with Crippen LogP contribution < -0.4 is 4.90 Å². The van der Waals surface area contributed by atoms with Crippen LogP contribution in [0.25, 0.3) is 0 Å². The molecule has 0 atom stereocenters. The Kier molecular flexibility index (Phi) is 4.48. The fraction of sp³-hybridized carbons (Fsp3) is 0.538. The number of aryl methyl sites for hydroxylation is 1. The van der Waals surface area contributed by atoms with Crippen molar-refractivity contribution in [3.8, 4) is 6.07 Å². The van der Waals surface area contributed by atoms with Crippen molar-refractivity contribution in [2.45, 2.75) is 13.3 Å². The molecule has 106 valence electrons. The van der Waals surface area contributed by atoms with Crippen LogP contribution in [-0.4, -0.2) is 58.7 Å². The molecule has 1 aromatic rings. The Bertz CT molecular complexity index is 540. The molecule has 0 aromatic carbocycles. The number of carboxylic acids is 1. The maximum atomic E-state index is 10.7. The lowest BCUT2D eigenvalue weighted by Gasteiger charge is -2.21. The van der Waals surface area contributed by atoms with Gasteiger partial charge in [-0.25, -0.2) is 9.97 Å². The quantitative estimate of drug-likeness (QED) is 0.845. The first kappa shape index (κ1) is 14.2. The zero-order valence-corrected chi connectivity index (χ0v) is 11.4. The highest BCUT2D eigenvalue weighted by Gasteiger charge is 2.19. The number of anilines is 1. The number of carboxylic acid groups (broad SMARTS) is 1. The Balaban J connectivity index is 2.09. The average molecular weight is 275 g/mol. The summed E-state index contributed by atoms with van der Waals surface area (Å²) in [6.45, 7) is 4.74. The second-order valence-electron chi connectivity index (χ2n) is 4.82. The molecule has 1 N–H and O–H groups in total. The average Bonchev–Trinajstić information content (AvgIpc) is 2.63. The summed E-state index contributed by atoms with van der Waals surface area (Å²) in [7, 11) is 0. The Morgan fingerprint density at radius 3 is 2.90 bits per heavy atom. The summed E-state index contributed by atoms with van der Waals surface area (Å²) in [5.74, 6) is -0.254. The number of hydrogen-bond acceptors (Lipinski definition) is 6. The Morgan fingerprint density at radius 1 is 1.40 bits per heavy atom. The maximum Gasteiger partial charge on any atom is 0.317 e. The summed E-state index contributed by atoms with van der Waals surface area (Å²) in [5.41, 5.74) is 1.12. The predicted octanol–water partition coefficient (Wildman–Crippen LogP) is 0.253. The van der Waals surface area contributed by atoms with E-state index in [1.807, 2.05) is 22.8 Å². The SMILES string of the molecule is Cc1cc(C#N)nc(N2CCCN(CC(=O)O)CC2)n1. The molecule has 0 bridgehead atoms. The molecule has 0 unspecified atom stereocenters. The van der Waals surface area contributed by atoms with Crippen molar-refractivity contribution in [2.24, 2.45) is 0 Å². The first-order valence-corrected chi connectivity index (χ1v) is 6.53. The minimum Gasteiger partial charge on any atom is -0.480 e. The Labute approximate surface area is 117 Å². The van der Waals surface area contributed by atoms with Crippen molar-refractivity contribution in [1.82, 2.24) is 14.9 Å². The normalized spacial score (nSPS) is 16.5. The molecule has 2 heterocycles. The minimum absolute atomic E-state index is 0.0615. The number of aromatic nitrogens is 2. The molecule has 1 aliphatic heterocycles. The fourth-order valence-corrected chi connectivity index (χ4v) is 2.27. The van der Waals surface area contributed by atoms with Crippen LogP contribution in [0.5, 0.6) is 0 Å². The second kappa shape index (κ2) is 6.30. The lowest BCUT2D eigenvalue weighted by atomic mass is 10.3. The van der Waals surface area contributed by atoms with Gasteiger partial charge in [-0.15, -0.1) is 0 Å². The maximum absolute atomic E-state index is 10.7. The van der Waals surface area contributed by atoms with E-state index in [-0.39, 0.29) is 6.54 Å². The van der Waals surface area contributed by atoms with Crippen LogP contribution in [0.15, 0.2) is 6.07 Å². The summed E-state index contributed by atoms with van der Waals surface area (Å²) < 4.78 is 0. The first-order chi connectivity index (χ1) is 9.58. The van der Waals surface area contributed by atoms with Gasteiger partial charge in [-0.2, -0.15) is 5.26 Å². The van der Waals surface area contributed by atoms with Gasteiger partial charge < -0.3 is 10.0 Å². The summed E-state index contributed by atoms with van der Waals surface area (Å²) >= 11 is 0. The van der Waals surface area contributed by atoms with Crippen molar-refractivity contribution in [2.75, 3.05) is 37.6 Å². The topological polar surface area (TPSA) is 93.4 Å². The van der Waals surface area contributed by atoms with E-state index >= 15 is 0 Å². The standard InChI is InChI=1S/C13H17N5O2/c1-10-7-11(8-14)16-13(15-10)18-4-2-3-17(5-6-18)9-12(19)20/h7H,2-6,9H2,1H3,(H,19,20). The molecule has 7 nitrogen and oxygen atoms in total. The molecular weight excluding hydrogens is 258 g/mol. The molecule has 1 aliphatic rings. The van der Waals surface area contributed by atoms with Gasteiger partial charge in [-0.05, 0) is 19.4 Å². The number of hydrogen-bond donors (Lipinski definition) is 1. The van der Waals surface area contributed by atoms with E-state index in [1.165, 1.54) is 0 Å². The molecular formula is C13H17N5O2. The first-order valence-electron chi connectivity index (χ1n) is 6.53. The van der Waals surface area contributed by atoms with Crippen LogP contribution >= 0.6 is 0 Å². The molecule has 0 radical (unpaired) electrons. The van der Waals surface area contributed by atoms with E-state index in [0.717, 1.165) is 25.2 Å². The fourth-order valence-electron chi connectivity index (χ4n) is 2.27. The van der Waals surface area contributed by atoms with Gasteiger partial charge in [0.15, 0.2) is 0 Å². The lowest BCUT2D eigenvalue weighted by molar-refractivity contribution is -0.138. The number of nitriles is 1. The van der Waals surface area contributed by atoms with Crippen molar-refractivity contribution in [1.29, 1.82) is 5.26 Å². The highest BCUT2D eigenvalue weighted by Crippen LogP contribution is 2.13. The third-order valence-corrected chi connectivity index (χ3v) is 3.19. The molecule has 2 rings (SSSR count). The summed E-state index contributed by atoms with van der Waals surface area (Å²) in [6, 6.07) is 3.68. The van der Waals surface area contributed by atoms with Crippen molar-refractivity contribution in [3.05, 3.63) is 17.5 Å². The second-order valence-corrected chi connectivity index (χ2v) is 4.82. The van der Waals surface area contributed by atoms with Gasteiger partial charge >= 0.3 is 5.97 Å². The monoisotopic (exact) mass is 275 g/mol. The molecule has 20 heavy (non-hydrogen) atoms. The van der Waals surface area contributed by atoms with Crippen LogP contribution in [0.2, 0.25) is 0 Å². The van der Waals surface area contributed by atoms with Crippen LogP contribution in [0.1, 0.15) is 17.8 Å². The Hall–Kier alpha value is -2.20. The number of nitrogens with zero attached hydrogens (tertiary/aromatic N) is 5. The molecule has 1 aromatic heterocycles. The van der Waals surface area contributed by atoms with Crippen LogP contribution in [0.4, 0.5) is 5.95 Å². The smallest absolute Gasteiger partial charge is 0.317 e. The molecule has 0 saturated carbocycles. The van der Waals surface area contributed by atoms with Gasteiger partial charge in [-0.3, -0.25) is 9.69 Å². The minimum atomic E-state index is -0.808. The zero-order valence-electron chi connectivity index (χ0n) is 11.4. The summed E-state index contributed by atoms with van der Waals surface area (Å²) in [5, 5.41) is 17.8. The van der Waals surface area contributed by atoms with Crippen LogP contribution in [0, 0.1) is 18.3 Å². The van der Waals surface area contributed by atoms with Crippen molar-refractivity contribution >= 4 is 11.9 Å². The van der Waals surface area contributed by atoms with Crippen molar-refractivity contribution in [3.63, 3.8) is 0 Å². The predicted molar refractivity (Wildman–Crippen MR) is 72.4 cm³/mol. The van der Waals surface area contributed by atoms with E-state index < -0.39 is 5.97 Å².